The second kappa shape index (κ2) is 6.55. The van der Waals surface area contributed by atoms with Gasteiger partial charge in [0.05, 0.1) is 11.6 Å². The molecule has 2 saturated heterocycles. The minimum absolute atomic E-state index is 0.120. The smallest absolute Gasteiger partial charge is 0.234 e. The summed E-state index contributed by atoms with van der Waals surface area (Å²) in [5.74, 6) is 0.299. The van der Waals surface area contributed by atoms with Crippen LogP contribution >= 0.6 is 0 Å². The normalized spacial score (nSPS) is 22.6. The molecule has 1 unspecified atom stereocenters. The van der Waals surface area contributed by atoms with Crippen LogP contribution in [0.25, 0.3) is 10.9 Å². The zero-order valence-electron chi connectivity index (χ0n) is 14.1. The molecule has 6 nitrogen and oxygen atoms in total. The van der Waals surface area contributed by atoms with Gasteiger partial charge in [0.25, 0.3) is 0 Å². The van der Waals surface area contributed by atoms with Gasteiger partial charge in [-0.3, -0.25) is 9.69 Å². The molecule has 0 saturated carbocycles. The van der Waals surface area contributed by atoms with Gasteiger partial charge in [0.15, 0.2) is 0 Å². The van der Waals surface area contributed by atoms with Crippen molar-refractivity contribution in [2.75, 3.05) is 24.5 Å². The number of hydrogen-bond acceptors (Lipinski definition) is 5. The summed E-state index contributed by atoms with van der Waals surface area (Å²) in [6, 6.07) is 4.86. The fourth-order valence-corrected chi connectivity index (χ4v) is 4.21. The SMILES string of the molecule is NC(=O)C1CCCN1C1CCN(c2ncnc3ccc(F)cc23)CC1. The van der Waals surface area contributed by atoms with E-state index in [-0.39, 0.29) is 17.8 Å². The second-order valence-corrected chi connectivity index (χ2v) is 6.88. The van der Waals surface area contributed by atoms with Gasteiger partial charge < -0.3 is 10.6 Å². The van der Waals surface area contributed by atoms with Crippen LogP contribution in [-0.4, -0.2) is 52.5 Å². The minimum Gasteiger partial charge on any atom is -0.368 e. The summed E-state index contributed by atoms with van der Waals surface area (Å²) >= 11 is 0. The molecule has 2 aromatic rings. The molecule has 132 valence electrons. The lowest BCUT2D eigenvalue weighted by Gasteiger charge is -2.39. The molecule has 25 heavy (non-hydrogen) atoms. The fraction of sp³-hybridized carbons (Fsp3) is 0.500. The van der Waals surface area contributed by atoms with Crippen LogP contribution in [0, 0.1) is 5.82 Å². The quantitative estimate of drug-likeness (QED) is 0.918. The molecule has 1 aromatic heterocycles. The minimum atomic E-state index is -0.278. The number of halogens is 1. The van der Waals surface area contributed by atoms with E-state index in [2.05, 4.69) is 19.8 Å². The van der Waals surface area contributed by atoms with E-state index in [1.165, 1.54) is 18.5 Å². The van der Waals surface area contributed by atoms with E-state index >= 15 is 0 Å². The number of hydrogen-bond donors (Lipinski definition) is 1. The van der Waals surface area contributed by atoms with Gasteiger partial charge in [-0.05, 0) is 50.4 Å². The average Bonchev–Trinajstić information content (AvgIpc) is 3.11. The van der Waals surface area contributed by atoms with Crippen LogP contribution in [-0.2, 0) is 4.79 Å². The molecule has 3 heterocycles. The van der Waals surface area contributed by atoms with E-state index in [4.69, 9.17) is 5.73 Å². The topological polar surface area (TPSA) is 75.4 Å². The molecule has 7 heteroatoms. The number of amides is 1. The molecule has 2 aliphatic heterocycles. The maximum atomic E-state index is 13.6. The summed E-state index contributed by atoms with van der Waals surface area (Å²) < 4.78 is 13.6. The van der Waals surface area contributed by atoms with Gasteiger partial charge in [-0.2, -0.15) is 0 Å². The molecule has 0 radical (unpaired) electrons. The van der Waals surface area contributed by atoms with Gasteiger partial charge >= 0.3 is 0 Å². The molecule has 1 aromatic carbocycles. The third kappa shape index (κ3) is 3.04. The van der Waals surface area contributed by atoms with E-state index in [0.29, 0.717) is 6.04 Å². The predicted molar refractivity (Wildman–Crippen MR) is 93.7 cm³/mol. The molecule has 1 amide bonds. The highest BCUT2D eigenvalue weighted by molar-refractivity contribution is 5.89. The maximum absolute atomic E-state index is 13.6. The van der Waals surface area contributed by atoms with Gasteiger partial charge in [0, 0.05) is 24.5 Å². The van der Waals surface area contributed by atoms with E-state index < -0.39 is 0 Å². The Morgan fingerprint density at radius 1 is 1.16 bits per heavy atom. The fourth-order valence-electron chi connectivity index (χ4n) is 4.21. The van der Waals surface area contributed by atoms with Gasteiger partial charge in [0.1, 0.15) is 18.0 Å². The number of piperidine rings is 1. The number of primary amides is 1. The summed E-state index contributed by atoms with van der Waals surface area (Å²) in [7, 11) is 0. The molecule has 0 aliphatic carbocycles. The third-order valence-electron chi connectivity index (χ3n) is 5.43. The van der Waals surface area contributed by atoms with Crippen LogP contribution in [0.5, 0.6) is 0 Å². The molecule has 2 aliphatic rings. The van der Waals surface area contributed by atoms with Crippen molar-refractivity contribution >= 4 is 22.6 Å². The molecule has 1 atom stereocenters. The number of carbonyl (C=O) groups is 1. The first-order chi connectivity index (χ1) is 12.1. The average molecular weight is 343 g/mol. The van der Waals surface area contributed by atoms with Crippen LogP contribution in [0.15, 0.2) is 24.5 Å². The number of rotatable bonds is 3. The van der Waals surface area contributed by atoms with Crippen molar-refractivity contribution in [3.8, 4) is 0 Å². The van der Waals surface area contributed by atoms with Crippen molar-refractivity contribution in [2.45, 2.75) is 37.8 Å². The number of nitrogens with zero attached hydrogens (tertiary/aromatic N) is 4. The highest BCUT2D eigenvalue weighted by atomic mass is 19.1. The van der Waals surface area contributed by atoms with Crippen LogP contribution < -0.4 is 10.6 Å². The summed E-state index contributed by atoms with van der Waals surface area (Å²) in [6.45, 7) is 2.60. The molecular formula is C18H22FN5O. The highest BCUT2D eigenvalue weighted by Gasteiger charge is 2.35. The number of aromatic nitrogens is 2. The first kappa shape index (κ1) is 16.2. The Kier molecular flexibility index (Phi) is 4.25. The number of likely N-dealkylation sites (tertiary alicyclic amines) is 1. The van der Waals surface area contributed by atoms with Gasteiger partial charge in [-0.1, -0.05) is 0 Å². The van der Waals surface area contributed by atoms with Gasteiger partial charge in [-0.15, -0.1) is 0 Å². The van der Waals surface area contributed by atoms with E-state index in [1.807, 2.05) is 0 Å². The van der Waals surface area contributed by atoms with Crippen molar-refractivity contribution in [3.63, 3.8) is 0 Å². The lowest BCUT2D eigenvalue weighted by atomic mass is 10.0. The zero-order valence-corrected chi connectivity index (χ0v) is 14.1. The molecular weight excluding hydrogens is 321 g/mol. The number of nitrogens with two attached hydrogens (primary N) is 1. The molecule has 2 fully saturated rings. The maximum Gasteiger partial charge on any atom is 0.234 e. The van der Waals surface area contributed by atoms with Gasteiger partial charge in [0.2, 0.25) is 5.91 Å². The monoisotopic (exact) mass is 343 g/mol. The molecule has 0 bridgehead atoms. The Labute approximate surface area is 145 Å². The van der Waals surface area contributed by atoms with Crippen LogP contribution in [0.4, 0.5) is 10.2 Å². The Balaban J connectivity index is 1.51. The molecule has 4 rings (SSSR count). The lowest BCUT2D eigenvalue weighted by molar-refractivity contribution is -0.123. The number of fused-ring (bicyclic) bond motifs is 1. The number of benzene rings is 1. The Bertz CT molecular complexity index is 790. The van der Waals surface area contributed by atoms with Crippen molar-refractivity contribution in [2.24, 2.45) is 5.73 Å². The predicted octanol–water partition coefficient (Wildman–Crippen LogP) is 1.69. The largest absolute Gasteiger partial charge is 0.368 e. The van der Waals surface area contributed by atoms with Crippen LogP contribution in [0.1, 0.15) is 25.7 Å². The van der Waals surface area contributed by atoms with Crippen LogP contribution in [0.3, 0.4) is 0 Å². The summed E-state index contributed by atoms with van der Waals surface area (Å²) in [4.78, 5) is 24.7. The highest BCUT2D eigenvalue weighted by Crippen LogP contribution is 2.30. The standard InChI is InChI=1S/C18H22FN5O/c19-12-3-4-15-14(10-12)18(22-11-21-15)23-8-5-13(6-9-23)24-7-1-2-16(24)17(20)25/h3-4,10-11,13,16H,1-2,5-9H2,(H2,20,25). The summed E-state index contributed by atoms with van der Waals surface area (Å²) in [5.41, 5.74) is 6.30. The Morgan fingerprint density at radius 2 is 1.96 bits per heavy atom. The molecule has 0 spiro atoms. The first-order valence-electron chi connectivity index (χ1n) is 8.84. The third-order valence-corrected chi connectivity index (χ3v) is 5.43. The summed E-state index contributed by atoms with van der Waals surface area (Å²) in [6.07, 6.45) is 5.33. The number of anilines is 1. The van der Waals surface area contributed by atoms with Crippen LogP contribution in [0.2, 0.25) is 0 Å². The van der Waals surface area contributed by atoms with E-state index in [9.17, 15) is 9.18 Å². The zero-order chi connectivity index (χ0) is 17.4. The molecule has 2 N–H and O–H groups in total. The van der Waals surface area contributed by atoms with Crippen molar-refractivity contribution in [3.05, 3.63) is 30.3 Å². The van der Waals surface area contributed by atoms with E-state index in [0.717, 1.165) is 62.0 Å². The first-order valence-corrected chi connectivity index (χ1v) is 8.84. The van der Waals surface area contributed by atoms with Crippen molar-refractivity contribution in [1.82, 2.24) is 14.9 Å². The van der Waals surface area contributed by atoms with E-state index in [1.54, 1.807) is 6.07 Å². The summed E-state index contributed by atoms with van der Waals surface area (Å²) in [5, 5.41) is 0.747. The lowest BCUT2D eigenvalue weighted by Crippen LogP contribution is -2.50. The van der Waals surface area contributed by atoms with Crippen molar-refractivity contribution in [1.29, 1.82) is 0 Å². The second-order valence-electron chi connectivity index (χ2n) is 6.88. The van der Waals surface area contributed by atoms with Gasteiger partial charge in [-0.25, -0.2) is 14.4 Å². The Hall–Kier alpha value is -2.28. The Morgan fingerprint density at radius 3 is 2.72 bits per heavy atom. The number of carbonyl (C=O) groups excluding carboxylic acids is 1. The van der Waals surface area contributed by atoms with Crippen molar-refractivity contribution < 1.29 is 9.18 Å².